The van der Waals surface area contributed by atoms with Gasteiger partial charge in [-0.3, -0.25) is 9.48 Å². The molecule has 1 amide bonds. The maximum Gasteiger partial charge on any atom is 0.269 e. The van der Waals surface area contributed by atoms with Crippen molar-refractivity contribution in [1.82, 2.24) is 25.2 Å². The topological polar surface area (TPSA) is 85.8 Å². The monoisotopic (exact) mass is 325 g/mol. The highest BCUT2D eigenvalue weighted by Gasteiger charge is 2.16. The fourth-order valence-corrected chi connectivity index (χ4v) is 2.26. The molecule has 3 aromatic rings. The Morgan fingerprint density at radius 1 is 1.29 bits per heavy atom. The zero-order valence-corrected chi connectivity index (χ0v) is 13.9. The van der Waals surface area contributed by atoms with Gasteiger partial charge in [0.15, 0.2) is 5.82 Å². The number of nitrogens with zero attached hydrogens (tertiary/aromatic N) is 4. The van der Waals surface area contributed by atoms with Crippen LogP contribution in [0.3, 0.4) is 0 Å². The Morgan fingerprint density at radius 3 is 2.71 bits per heavy atom. The van der Waals surface area contributed by atoms with E-state index in [1.165, 1.54) is 0 Å². The lowest BCUT2D eigenvalue weighted by molar-refractivity contribution is 0.0940. The van der Waals surface area contributed by atoms with E-state index in [0.29, 0.717) is 17.4 Å². The van der Waals surface area contributed by atoms with Gasteiger partial charge in [-0.1, -0.05) is 37.2 Å². The molecule has 0 atom stereocenters. The number of carbonyl (C=O) groups is 1. The maximum atomic E-state index is 12.3. The third-order valence-corrected chi connectivity index (χ3v) is 3.62. The SMILES string of the molecule is CC(C)c1cc(C(=O)NCc2noc(-c3ccccc3)n2)n(C)n1. The Labute approximate surface area is 139 Å². The van der Waals surface area contributed by atoms with Crippen LogP contribution in [0.15, 0.2) is 40.9 Å². The van der Waals surface area contributed by atoms with Crippen LogP contribution in [0.25, 0.3) is 11.5 Å². The number of hydrogen-bond donors (Lipinski definition) is 1. The van der Waals surface area contributed by atoms with Crippen LogP contribution in [-0.2, 0) is 13.6 Å². The minimum atomic E-state index is -0.219. The van der Waals surface area contributed by atoms with Crippen LogP contribution in [0.5, 0.6) is 0 Å². The molecule has 2 heterocycles. The second-order valence-electron chi connectivity index (χ2n) is 5.80. The minimum absolute atomic E-state index is 0.192. The molecule has 3 rings (SSSR count). The molecule has 0 unspecified atom stereocenters. The summed E-state index contributed by atoms with van der Waals surface area (Å²) in [6.45, 7) is 4.26. The highest BCUT2D eigenvalue weighted by Crippen LogP contribution is 2.16. The van der Waals surface area contributed by atoms with E-state index in [0.717, 1.165) is 11.3 Å². The molecular formula is C17H19N5O2. The first kappa shape index (κ1) is 15.9. The number of carbonyl (C=O) groups excluding carboxylic acids is 1. The summed E-state index contributed by atoms with van der Waals surface area (Å²) in [6, 6.07) is 11.3. The van der Waals surface area contributed by atoms with Crippen molar-refractivity contribution < 1.29 is 9.32 Å². The molecule has 0 aliphatic heterocycles. The number of amides is 1. The van der Waals surface area contributed by atoms with E-state index in [2.05, 4.69) is 20.6 Å². The summed E-state index contributed by atoms with van der Waals surface area (Å²) in [5.41, 5.74) is 2.23. The van der Waals surface area contributed by atoms with E-state index in [1.54, 1.807) is 17.8 Å². The average Bonchev–Trinajstić information content (AvgIpc) is 3.20. The highest BCUT2D eigenvalue weighted by atomic mass is 16.5. The Balaban J connectivity index is 1.66. The molecule has 0 saturated carbocycles. The standard InChI is InChI=1S/C17H19N5O2/c1-11(2)13-9-14(22(3)20-13)16(23)18-10-15-19-17(24-21-15)12-7-5-4-6-8-12/h4-9,11H,10H2,1-3H3,(H,18,23). The van der Waals surface area contributed by atoms with E-state index in [9.17, 15) is 4.79 Å². The summed E-state index contributed by atoms with van der Waals surface area (Å²) in [5.74, 6) is 0.905. The van der Waals surface area contributed by atoms with Crippen LogP contribution in [-0.4, -0.2) is 25.8 Å². The van der Waals surface area contributed by atoms with Crippen LogP contribution in [0, 0.1) is 0 Å². The quantitative estimate of drug-likeness (QED) is 0.779. The number of hydrogen-bond acceptors (Lipinski definition) is 5. The van der Waals surface area contributed by atoms with Gasteiger partial charge in [0.25, 0.3) is 11.8 Å². The summed E-state index contributed by atoms with van der Waals surface area (Å²) in [4.78, 5) is 16.6. The van der Waals surface area contributed by atoms with E-state index in [4.69, 9.17) is 4.52 Å². The van der Waals surface area contributed by atoms with E-state index in [-0.39, 0.29) is 18.4 Å². The van der Waals surface area contributed by atoms with E-state index in [1.807, 2.05) is 44.2 Å². The smallest absolute Gasteiger partial charge is 0.269 e. The Morgan fingerprint density at radius 2 is 2.04 bits per heavy atom. The molecule has 124 valence electrons. The van der Waals surface area contributed by atoms with Gasteiger partial charge in [-0.25, -0.2) is 0 Å². The Hall–Kier alpha value is -2.96. The highest BCUT2D eigenvalue weighted by molar-refractivity contribution is 5.92. The normalized spacial score (nSPS) is 11.0. The molecular weight excluding hydrogens is 306 g/mol. The zero-order valence-electron chi connectivity index (χ0n) is 13.9. The third-order valence-electron chi connectivity index (χ3n) is 3.62. The first-order chi connectivity index (χ1) is 11.5. The molecule has 0 radical (unpaired) electrons. The van der Waals surface area contributed by atoms with E-state index >= 15 is 0 Å². The average molecular weight is 325 g/mol. The molecule has 0 saturated heterocycles. The van der Waals surface area contributed by atoms with E-state index < -0.39 is 0 Å². The van der Waals surface area contributed by atoms with Crippen molar-refractivity contribution >= 4 is 5.91 Å². The largest absolute Gasteiger partial charge is 0.343 e. The predicted molar refractivity (Wildman–Crippen MR) is 88.2 cm³/mol. The van der Waals surface area contributed by atoms with Crippen LogP contribution in [0.1, 0.15) is 41.8 Å². The summed E-state index contributed by atoms with van der Waals surface area (Å²) in [5, 5.41) is 11.0. The summed E-state index contributed by atoms with van der Waals surface area (Å²) in [6.07, 6.45) is 0. The van der Waals surface area contributed by atoms with Gasteiger partial charge in [0.1, 0.15) is 5.69 Å². The van der Waals surface area contributed by atoms with Crippen molar-refractivity contribution in [3.05, 3.63) is 53.6 Å². The molecule has 7 nitrogen and oxygen atoms in total. The molecule has 24 heavy (non-hydrogen) atoms. The lowest BCUT2D eigenvalue weighted by Gasteiger charge is -2.01. The van der Waals surface area contributed by atoms with Crippen molar-refractivity contribution in [2.45, 2.75) is 26.3 Å². The van der Waals surface area contributed by atoms with Crippen LogP contribution in [0.4, 0.5) is 0 Å². The van der Waals surface area contributed by atoms with Crippen molar-refractivity contribution in [3.8, 4) is 11.5 Å². The maximum absolute atomic E-state index is 12.3. The van der Waals surface area contributed by atoms with Gasteiger partial charge in [-0.2, -0.15) is 10.1 Å². The Kier molecular flexibility index (Phi) is 4.41. The lowest BCUT2D eigenvalue weighted by atomic mass is 10.1. The molecule has 0 fully saturated rings. The lowest BCUT2D eigenvalue weighted by Crippen LogP contribution is -2.25. The van der Waals surface area contributed by atoms with Gasteiger partial charge < -0.3 is 9.84 Å². The van der Waals surface area contributed by atoms with Gasteiger partial charge in [0.05, 0.1) is 12.2 Å². The molecule has 0 aliphatic carbocycles. The second kappa shape index (κ2) is 6.66. The number of aromatic nitrogens is 4. The van der Waals surface area contributed by atoms with Crippen molar-refractivity contribution in [1.29, 1.82) is 0 Å². The predicted octanol–water partition coefficient (Wildman–Crippen LogP) is 2.52. The van der Waals surface area contributed by atoms with Crippen LogP contribution >= 0.6 is 0 Å². The van der Waals surface area contributed by atoms with Gasteiger partial charge >= 0.3 is 0 Å². The summed E-state index contributed by atoms with van der Waals surface area (Å²) in [7, 11) is 1.75. The Bertz CT molecular complexity index is 836. The molecule has 0 spiro atoms. The summed E-state index contributed by atoms with van der Waals surface area (Å²) >= 11 is 0. The number of rotatable bonds is 5. The van der Waals surface area contributed by atoms with Gasteiger partial charge in [0, 0.05) is 12.6 Å². The molecule has 0 bridgehead atoms. The zero-order chi connectivity index (χ0) is 17.1. The van der Waals surface area contributed by atoms with Gasteiger partial charge in [-0.05, 0) is 24.1 Å². The number of aryl methyl sites for hydroxylation is 1. The van der Waals surface area contributed by atoms with Gasteiger partial charge in [-0.15, -0.1) is 0 Å². The van der Waals surface area contributed by atoms with Crippen LogP contribution < -0.4 is 5.32 Å². The fourth-order valence-electron chi connectivity index (χ4n) is 2.26. The number of benzene rings is 1. The van der Waals surface area contributed by atoms with Crippen LogP contribution in [0.2, 0.25) is 0 Å². The van der Waals surface area contributed by atoms with Gasteiger partial charge in [0.2, 0.25) is 0 Å². The second-order valence-corrected chi connectivity index (χ2v) is 5.80. The first-order valence-corrected chi connectivity index (χ1v) is 7.74. The summed E-state index contributed by atoms with van der Waals surface area (Å²) < 4.78 is 6.80. The van der Waals surface area contributed by atoms with Crippen molar-refractivity contribution in [2.75, 3.05) is 0 Å². The molecule has 1 N–H and O–H groups in total. The molecule has 7 heteroatoms. The van der Waals surface area contributed by atoms with Crippen molar-refractivity contribution in [2.24, 2.45) is 7.05 Å². The molecule has 2 aromatic heterocycles. The molecule has 1 aromatic carbocycles. The third kappa shape index (κ3) is 3.34. The number of nitrogens with one attached hydrogen (secondary N) is 1. The first-order valence-electron chi connectivity index (χ1n) is 7.74. The fraction of sp³-hybridized carbons (Fsp3) is 0.294. The minimum Gasteiger partial charge on any atom is -0.343 e. The molecule has 0 aliphatic rings. The van der Waals surface area contributed by atoms with Crippen molar-refractivity contribution in [3.63, 3.8) is 0 Å².